The van der Waals surface area contributed by atoms with E-state index in [4.69, 9.17) is 5.73 Å². The average Bonchev–Trinajstić information content (AvgIpc) is 2.71. The maximum absolute atomic E-state index is 6.20. The van der Waals surface area contributed by atoms with Gasteiger partial charge in [0, 0.05) is 12.7 Å². The molecule has 3 N–H and O–H groups in total. The molecule has 3 rings (SSSR count). The highest BCUT2D eigenvalue weighted by Gasteiger charge is 2.41. The topological polar surface area (TPSA) is 41.3 Å². The van der Waals surface area contributed by atoms with Crippen molar-refractivity contribution in [3.05, 3.63) is 0 Å². The molecular weight excluding hydrogens is 258 g/mol. The van der Waals surface area contributed by atoms with Crippen molar-refractivity contribution in [3.8, 4) is 0 Å². The molecular formula is C18H35N3. The van der Waals surface area contributed by atoms with E-state index < -0.39 is 0 Å². The number of fused-ring (bicyclic) bond motifs is 1. The van der Waals surface area contributed by atoms with Gasteiger partial charge in [-0.05, 0) is 56.4 Å². The van der Waals surface area contributed by atoms with Gasteiger partial charge in [-0.2, -0.15) is 0 Å². The van der Waals surface area contributed by atoms with Crippen molar-refractivity contribution < 1.29 is 0 Å². The van der Waals surface area contributed by atoms with Gasteiger partial charge >= 0.3 is 0 Å². The van der Waals surface area contributed by atoms with E-state index in [0.29, 0.717) is 6.04 Å². The third-order valence-corrected chi connectivity index (χ3v) is 6.79. The van der Waals surface area contributed by atoms with Gasteiger partial charge < -0.3 is 5.73 Å². The normalized spacial score (nSPS) is 45.9. The summed E-state index contributed by atoms with van der Waals surface area (Å²) in [7, 11) is 2.29. The maximum atomic E-state index is 6.20. The summed E-state index contributed by atoms with van der Waals surface area (Å²) >= 11 is 0. The highest BCUT2D eigenvalue weighted by atomic mass is 15.3. The van der Waals surface area contributed by atoms with Crippen molar-refractivity contribution in [1.29, 1.82) is 0 Å². The van der Waals surface area contributed by atoms with Crippen molar-refractivity contribution in [2.75, 3.05) is 13.7 Å². The molecule has 0 aromatic carbocycles. The molecule has 1 saturated heterocycles. The zero-order chi connectivity index (χ0) is 14.8. The molecule has 3 heteroatoms. The van der Waals surface area contributed by atoms with Crippen LogP contribution in [0.3, 0.4) is 0 Å². The molecule has 1 aliphatic heterocycles. The Morgan fingerprint density at radius 1 is 1.05 bits per heavy atom. The van der Waals surface area contributed by atoms with E-state index in [0.717, 1.165) is 36.8 Å². The summed E-state index contributed by atoms with van der Waals surface area (Å²) in [6.45, 7) is 3.36. The third-order valence-electron chi connectivity index (χ3n) is 6.79. The second-order valence-corrected chi connectivity index (χ2v) is 7.99. The predicted octanol–water partition coefficient (Wildman–Crippen LogP) is 3.16. The van der Waals surface area contributed by atoms with Gasteiger partial charge in [0.1, 0.15) is 0 Å². The van der Waals surface area contributed by atoms with Crippen LogP contribution in [-0.2, 0) is 0 Å². The molecule has 122 valence electrons. The maximum Gasteiger partial charge on any atom is 0.0571 e. The number of rotatable bonds is 2. The Morgan fingerprint density at radius 3 is 2.62 bits per heavy atom. The monoisotopic (exact) mass is 293 g/mol. The second kappa shape index (κ2) is 6.97. The summed E-state index contributed by atoms with van der Waals surface area (Å²) in [5, 5.41) is 3.41. The molecule has 6 atom stereocenters. The zero-order valence-electron chi connectivity index (χ0n) is 14.1. The summed E-state index contributed by atoms with van der Waals surface area (Å²) in [5.74, 6) is 3.90. The van der Waals surface area contributed by atoms with Crippen molar-refractivity contribution in [3.63, 3.8) is 0 Å². The van der Waals surface area contributed by atoms with Crippen LogP contribution >= 0.6 is 0 Å². The van der Waals surface area contributed by atoms with Crippen LogP contribution in [0.15, 0.2) is 0 Å². The van der Waals surface area contributed by atoms with E-state index in [1.165, 1.54) is 51.4 Å². The van der Waals surface area contributed by atoms with Gasteiger partial charge in [0.15, 0.2) is 0 Å². The Labute approximate surface area is 131 Å². The number of hydrogen-bond acceptors (Lipinski definition) is 3. The van der Waals surface area contributed by atoms with Crippen LogP contribution in [0.25, 0.3) is 0 Å². The third kappa shape index (κ3) is 3.46. The quantitative estimate of drug-likeness (QED) is 0.822. The fourth-order valence-electron chi connectivity index (χ4n) is 5.58. The molecule has 0 radical (unpaired) electrons. The molecule has 0 aromatic rings. The molecule has 0 aromatic heterocycles. The summed E-state index contributed by atoms with van der Waals surface area (Å²) in [6.07, 6.45) is 13.1. The van der Waals surface area contributed by atoms with E-state index in [-0.39, 0.29) is 6.17 Å². The first-order valence-corrected chi connectivity index (χ1v) is 9.38. The summed E-state index contributed by atoms with van der Waals surface area (Å²) in [6, 6.07) is 0.715. The van der Waals surface area contributed by atoms with Gasteiger partial charge in [-0.25, -0.2) is 0 Å². The van der Waals surface area contributed by atoms with Gasteiger partial charge in [0.2, 0.25) is 0 Å². The first-order valence-electron chi connectivity index (χ1n) is 9.38. The minimum absolute atomic E-state index is 0.209. The van der Waals surface area contributed by atoms with E-state index in [1.54, 1.807) is 0 Å². The van der Waals surface area contributed by atoms with Crippen LogP contribution in [-0.4, -0.2) is 30.8 Å². The Hall–Kier alpha value is -0.120. The SMILES string of the molecule is CC[C@@H]1CCCC2C(CCC[C@@H]2C2CC(N)NCN2C)C1. The molecule has 3 nitrogen and oxygen atoms in total. The van der Waals surface area contributed by atoms with E-state index in [9.17, 15) is 0 Å². The average molecular weight is 293 g/mol. The van der Waals surface area contributed by atoms with Crippen molar-refractivity contribution >= 4 is 0 Å². The largest absolute Gasteiger partial charge is 0.316 e. The number of nitrogens with one attached hydrogen (secondary N) is 1. The van der Waals surface area contributed by atoms with Crippen LogP contribution in [0.5, 0.6) is 0 Å². The molecule has 3 aliphatic rings. The molecule has 4 unspecified atom stereocenters. The molecule has 2 aliphatic carbocycles. The highest BCUT2D eigenvalue weighted by Crippen LogP contribution is 2.47. The van der Waals surface area contributed by atoms with E-state index in [2.05, 4.69) is 24.2 Å². The van der Waals surface area contributed by atoms with Crippen molar-refractivity contribution in [2.45, 2.75) is 76.9 Å². The fraction of sp³-hybridized carbons (Fsp3) is 1.00. The first-order chi connectivity index (χ1) is 10.2. The molecule has 21 heavy (non-hydrogen) atoms. The lowest BCUT2D eigenvalue weighted by molar-refractivity contribution is 0.0214. The molecule has 3 fully saturated rings. The standard InChI is InChI=1S/C18H35N3/c1-3-13-6-4-8-15-14(10-13)7-5-9-16(15)17-11-18(19)20-12-21(17)2/h13-18,20H,3-12,19H2,1-2H3/t13-,14?,15?,16+,17?,18?/m1/s1. The zero-order valence-corrected chi connectivity index (χ0v) is 14.1. The van der Waals surface area contributed by atoms with Crippen molar-refractivity contribution in [1.82, 2.24) is 10.2 Å². The molecule has 2 saturated carbocycles. The summed E-state index contributed by atoms with van der Waals surface area (Å²) in [5.41, 5.74) is 6.20. The van der Waals surface area contributed by atoms with Gasteiger partial charge in [0.25, 0.3) is 0 Å². The smallest absolute Gasteiger partial charge is 0.0571 e. The number of nitrogens with two attached hydrogens (primary N) is 1. The van der Waals surface area contributed by atoms with Crippen LogP contribution in [0.4, 0.5) is 0 Å². The fourth-order valence-corrected chi connectivity index (χ4v) is 5.58. The van der Waals surface area contributed by atoms with Crippen LogP contribution in [0, 0.1) is 23.7 Å². The van der Waals surface area contributed by atoms with Gasteiger partial charge in [0.05, 0.1) is 6.17 Å². The van der Waals surface area contributed by atoms with E-state index >= 15 is 0 Å². The highest BCUT2D eigenvalue weighted by molar-refractivity contribution is 4.94. The molecule has 0 amide bonds. The van der Waals surface area contributed by atoms with E-state index in [1.807, 2.05) is 0 Å². The van der Waals surface area contributed by atoms with Gasteiger partial charge in [-0.15, -0.1) is 0 Å². The minimum Gasteiger partial charge on any atom is -0.316 e. The molecule has 1 heterocycles. The van der Waals surface area contributed by atoms with Crippen LogP contribution < -0.4 is 11.1 Å². The second-order valence-electron chi connectivity index (χ2n) is 7.99. The predicted molar refractivity (Wildman–Crippen MR) is 88.7 cm³/mol. The van der Waals surface area contributed by atoms with Crippen LogP contribution in [0.1, 0.15) is 64.7 Å². The Bertz CT molecular complexity index is 332. The van der Waals surface area contributed by atoms with Gasteiger partial charge in [-0.3, -0.25) is 10.2 Å². The van der Waals surface area contributed by atoms with Crippen LogP contribution in [0.2, 0.25) is 0 Å². The van der Waals surface area contributed by atoms with Crippen molar-refractivity contribution in [2.24, 2.45) is 29.4 Å². The Balaban J connectivity index is 1.72. The minimum atomic E-state index is 0.209. The number of nitrogens with zero attached hydrogens (tertiary/aromatic N) is 1. The molecule has 0 bridgehead atoms. The Kier molecular flexibility index (Phi) is 5.23. The Morgan fingerprint density at radius 2 is 1.81 bits per heavy atom. The lowest BCUT2D eigenvalue weighted by atomic mass is 9.65. The van der Waals surface area contributed by atoms with Gasteiger partial charge in [-0.1, -0.05) is 39.0 Å². The number of hydrogen-bond donors (Lipinski definition) is 2. The lowest BCUT2D eigenvalue weighted by Crippen LogP contribution is -2.58. The summed E-state index contributed by atoms with van der Waals surface area (Å²) in [4.78, 5) is 2.54. The summed E-state index contributed by atoms with van der Waals surface area (Å²) < 4.78 is 0. The molecule has 0 spiro atoms. The first kappa shape index (κ1) is 15.8. The lowest BCUT2D eigenvalue weighted by Gasteiger charge is -2.48.